The Morgan fingerprint density at radius 1 is 1.37 bits per heavy atom. The minimum Gasteiger partial charge on any atom is -0.477 e. The van der Waals surface area contributed by atoms with Crippen molar-refractivity contribution in [3.8, 4) is 0 Å². The van der Waals surface area contributed by atoms with Gasteiger partial charge in [0.25, 0.3) is 0 Å². The van der Waals surface area contributed by atoms with E-state index in [-0.39, 0.29) is 5.56 Å². The highest BCUT2D eigenvalue weighted by Gasteiger charge is 2.11. The van der Waals surface area contributed by atoms with Crippen LogP contribution in [0.15, 0.2) is 35.3 Å². The Kier molecular flexibility index (Phi) is 3.46. The van der Waals surface area contributed by atoms with Gasteiger partial charge in [0.1, 0.15) is 5.56 Å². The van der Waals surface area contributed by atoms with Crippen molar-refractivity contribution >= 4 is 5.97 Å². The summed E-state index contributed by atoms with van der Waals surface area (Å²) in [4.78, 5) is 26.9. The van der Waals surface area contributed by atoms with E-state index in [0.29, 0.717) is 12.2 Å². The number of carboxylic acid groups (broad SMARTS) is 1. The number of hydrogen-bond donors (Lipinski definition) is 1. The molecule has 0 aliphatic heterocycles. The van der Waals surface area contributed by atoms with Crippen LogP contribution in [-0.4, -0.2) is 20.6 Å². The van der Waals surface area contributed by atoms with Crippen LogP contribution in [0.2, 0.25) is 0 Å². The van der Waals surface area contributed by atoms with Crippen LogP contribution in [0.5, 0.6) is 0 Å². The molecule has 0 bridgehead atoms. The number of nitrogens with zero attached hydrogens (tertiary/aromatic N) is 2. The first-order valence-electron chi connectivity index (χ1n) is 5.84. The molecule has 0 saturated carbocycles. The standard InChI is InChI=1S/C14H14N2O3/c1-9-4-3-5-11(15-9)7-16-8-12(14(18)19)13(17)6-10(16)2/h3-6,8H,7H2,1-2H3,(H,18,19). The molecular weight excluding hydrogens is 244 g/mol. The summed E-state index contributed by atoms with van der Waals surface area (Å²) in [7, 11) is 0. The summed E-state index contributed by atoms with van der Waals surface area (Å²) in [5, 5.41) is 8.96. The van der Waals surface area contributed by atoms with Crippen molar-refractivity contribution in [3.63, 3.8) is 0 Å². The fourth-order valence-corrected chi connectivity index (χ4v) is 1.86. The van der Waals surface area contributed by atoms with E-state index in [4.69, 9.17) is 5.11 Å². The Morgan fingerprint density at radius 2 is 2.11 bits per heavy atom. The predicted octanol–water partition coefficient (Wildman–Crippen LogP) is 1.61. The molecule has 2 aromatic heterocycles. The van der Waals surface area contributed by atoms with Crippen molar-refractivity contribution in [2.45, 2.75) is 20.4 Å². The second-order valence-corrected chi connectivity index (χ2v) is 4.40. The first kappa shape index (κ1) is 13.0. The molecule has 0 spiro atoms. The second kappa shape index (κ2) is 5.06. The van der Waals surface area contributed by atoms with Gasteiger partial charge in [-0.1, -0.05) is 6.07 Å². The van der Waals surface area contributed by atoms with Gasteiger partial charge in [-0.15, -0.1) is 0 Å². The molecule has 0 unspecified atom stereocenters. The largest absolute Gasteiger partial charge is 0.477 e. The SMILES string of the molecule is Cc1cccc(Cn2cc(C(=O)O)c(=O)cc2C)n1. The van der Waals surface area contributed by atoms with Crippen LogP contribution >= 0.6 is 0 Å². The first-order valence-corrected chi connectivity index (χ1v) is 5.84. The van der Waals surface area contributed by atoms with Gasteiger partial charge in [-0.3, -0.25) is 9.78 Å². The average molecular weight is 258 g/mol. The van der Waals surface area contributed by atoms with Gasteiger partial charge >= 0.3 is 5.97 Å². The Balaban J connectivity index is 2.43. The summed E-state index contributed by atoms with van der Waals surface area (Å²) >= 11 is 0. The predicted molar refractivity (Wildman–Crippen MR) is 70.5 cm³/mol. The third kappa shape index (κ3) is 2.88. The van der Waals surface area contributed by atoms with Crippen molar-refractivity contribution in [2.24, 2.45) is 0 Å². The van der Waals surface area contributed by atoms with Crippen LogP contribution in [-0.2, 0) is 6.54 Å². The lowest BCUT2D eigenvalue weighted by molar-refractivity contribution is 0.0694. The number of aryl methyl sites for hydroxylation is 2. The van der Waals surface area contributed by atoms with E-state index in [2.05, 4.69) is 4.98 Å². The van der Waals surface area contributed by atoms with E-state index in [1.165, 1.54) is 12.3 Å². The van der Waals surface area contributed by atoms with Crippen molar-refractivity contribution in [1.29, 1.82) is 0 Å². The number of hydrogen-bond acceptors (Lipinski definition) is 3. The van der Waals surface area contributed by atoms with E-state index in [1.807, 2.05) is 25.1 Å². The molecule has 2 aromatic rings. The molecule has 5 nitrogen and oxygen atoms in total. The van der Waals surface area contributed by atoms with Gasteiger partial charge in [-0.05, 0) is 26.0 Å². The fourth-order valence-electron chi connectivity index (χ4n) is 1.86. The monoisotopic (exact) mass is 258 g/mol. The van der Waals surface area contributed by atoms with Crippen molar-refractivity contribution in [1.82, 2.24) is 9.55 Å². The second-order valence-electron chi connectivity index (χ2n) is 4.40. The molecule has 0 aliphatic rings. The molecule has 0 atom stereocenters. The third-order valence-electron chi connectivity index (χ3n) is 2.85. The van der Waals surface area contributed by atoms with Crippen molar-refractivity contribution in [2.75, 3.05) is 0 Å². The van der Waals surface area contributed by atoms with Gasteiger partial charge in [-0.2, -0.15) is 0 Å². The van der Waals surface area contributed by atoms with Crippen LogP contribution in [0.4, 0.5) is 0 Å². The van der Waals surface area contributed by atoms with E-state index in [9.17, 15) is 9.59 Å². The number of pyridine rings is 2. The number of aromatic carboxylic acids is 1. The molecule has 5 heteroatoms. The highest BCUT2D eigenvalue weighted by Crippen LogP contribution is 2.05. The van der Waals surface area contributed by atoms with E-state index < -0.39 is 11.4 Å². The van der Waals surface area contributed by atoms with Gasteiger partial charge in [0.15, 0.2) is 5.43 Å². The van der Waals surface area contributed by atoms with Gasteiger partial charge in [0, 0.05) is 23.7 Å². The topological polar surface area (TPSA) is 72.2 Å². The van der Waals surface area contributed by atoms with Crippen LogP contribution in [0, 0.1) is 13.8 Å². The summed E-state index contributed by atoms with van der Waals surface area (Å²) in [5.74, 6) is -1.21. The summed E-state index contributed by atoms with van der Waals surface area (Å²) in [6, 6.07) is 6.99. The van der Waals surface area contributed by atoms with Gasteiger partial charge in [0.05, 0.1) is 12.2 Å². The number of rotatable bonds is 3. The third-order valence-corrected chi connectivity index (χ3v) is 2.85. The Bertz CT molecular complexity index is 689. The maximum Gasteiger partial charge on any atom is 0.341 e. The summed E-state index contributed by atoms with van der Waals surface area (Å²) in [5.41, 5.74) is 1.73. The number of carboxylic acids is 1. The molecule has 19 heavy (non-hydrogen) atoms. The maximum atomic E-state index is 11.5. The highest BCUT2D eigenvalue weighted by molar-refractivity contribution is 5.87. The van der Waals surface area contributed by atoms with Crippen LogP contribution < -0.4 is 5.43 Å². The molecule has 0 radical (unpaired) electrons. The van der Waals surface area contributed by atoms with Gasteiger partial charge in [-0.25, -0.2) is 4.79 Å². The lowest BCUT2D eigenvalue weighted by Gasteiger charge is -2.11. The Morgan fingerprint density at radius 3 is 2.74 bits per heavy atom. The van der Waals surface area contributed by atoms with E-state index in [0.717, 1.165) is 11.4 Å². The van der Waals surface area contributed by atoms with E-state index in [1.54, 1.807) is 11.5 Å². The van der Waals surface area contributed by atoms with Crippen LogP contribution in [0.1, 0.15) is 27.4 Å². The van der Waals surface area contributed by atoms with Crippen molar-refractivity contribution < 1.29 is 9.90 Å². The molecule has 0 saturated heterocycles. The number of carbonyl (C=O) groups is 1. The molecule has 0 aromatic carbocycles. The maximum absolute atomic E-state index is 11.5. The molecule has 2 rings (SSSR count). The van der Waals surface area contributed by atoms with Crippen LogP contribution in [0.3, 0.4) is 0 Å². The molecule has 0 fully saturated rings. The molecule has 98 valence electrons. The summed E-state index contributed by atoms with van der Waals surface area (Å²) in [6.45, 7) is 4.10. The Hall–Kier alpha value is -2.43. The zero-order valence-electron chi connectivity index (χ0n) is 10.8. The lowest BCUT2D eigenvalue weighted by atomic mass is 10.2. The molecule has 0 aliphatic carbocycles. The zero-order chi connectivity index (χ0) is 14.0. The van der Waals surface area contributed by atoms with Crippen molar-refractivity contribution in [3.05, 3.63) is 63.3 Å². The highest BCUT2D eigenvalue weighted by atomic mass is 16.4. The molecule has 2 heterocycles. The molecular formula is C14H14N2O3. The zero-order valence-corrected chi connectivity index (χ0v) is 10.8. The number of aromatic nitrogens is 2. The average Bonchev–Trinajstić information content (AvgIpc) is 2.32. The smallest absolute Gasteiger partial charge is 0.341 e. The fraction of sp³-hybridized carbons (Fsp3) is 0.214. The minimum atomic E-state index is -1.21. The first-order chi connectivity index (χ1) is 8.97. The van der Waals surface area contributed by atoms with Gasteiger partial charge < -0.3 is 9.67 Å². The quantitative estimate of drug-likeness (QED) is 0.907. The summed E-state index contributed by atoms with van der Waals surface area (Å²) in [6.07, 6.45) is 1.37. The van der Waals surface area contributed by atoms with Crippen LogP contribution in [0.25, 0.3) is 0 Å². The van der Waals surface area contributed by atoms with Gasteiger partial charge in [0.2, 0.25) is 0 Å². The lowest BCUT2D eigenvalue weighted by Crippen LogP contribution is -2.19. The molecule has 1 N–H and O–H groups in total. The normalized spacial score (nSPS) is 10.4. The Labute approximate surface area is 110 Å². The minimum absolute atomic E-state index is 0.224. The summed E-state index contributed by atoms with van der Waals surface area (Å²) < 4.78 is 1.71. The molecule has 0 amide bonds. The van der Waals surface area contributed by atoms with E-state index >= 15 is 0 Å².